The first-order chi connectivity index (χ1) is 10.4. The first kappa shape index (κ1) is 16.1. The van der Waals surface area contributed by atoms with Crippen molar-refractivity contribution >= 4 is 33.2 Å². The maximum atomic E-state index is 11.9. The molecule has 0 bridgehead atoms. The van der Waals surface area contributed by atoms with E-state index in [4.69, 9.17) is 0 Å². The van der Waals surface area contributed by atoms with Crippen molar-refractivity contribution in [1.29, 1.82) is 0 Å². The molecule has 116 valence electrons. The van der Waals surface area contributed by atoms with E-state index in [9.17, 15) is 18.0 Å². The normalized spacial score (nSPS) is 11.0. The van der Waals surface area contributed by atoms with Gasteiger partial charge in [-0.2, -0.15) is 0 Å². The molecule has 0 aliphatic carbocycles. The number of amides is 2. The summed E-state index contributed by atoms with van der Waals surface area (Å²) in [6, 6.07) is 5.68. The van der Waals surface area contributed by atoms with Crippen molar-refractivity contribution < 1.29 is 18.0 Å². The van der Waals surface area contributed by atoms with Gasteiger partial charge in [0.15, 0.2) is 0 Å². The number of aromatic nitrogens is 1. The summed E-state index contributed by atoms with van der Waals surface area (Å²) in [5, 5.41) is 4.17. The Bertz CT molecular complexity index is 768. The Balaban J connectivity index is 2.12. The second kappa shape index (κ2) is 6.67. The zero-order valence-corrected chi connectivity index (χ0v) is 13.2. The van der Waals surface area contributed by atoms with Gasteiger partial charge in [-0.15, -0.1) is 11.3 Å². The van der Waals surface area contributed by atoms with Crippen molar-refractivity contribution in [1.82, 2.24) is 15.0 Å². The fourth-order valence-electron chi connectivity index (χ4n) is 1.56. The van der Waals surface area contributed by atoms with Crippen LogP contribution >= 0.6 is 11.3 Å². The third kappa shape index (κ3) is 3.68. The molecule has 0 saturated heterocycles. The predicted molar refractivity (Wildman–Crippen MR) is 81.2 cm³/mol. The minimum absolute atomic E-state index is 0.0488. The minimum Gasteiger partial charge on any atom is -0.351 e. The number of sulfonamides is 1. The molecule has 0 aliphatic heterocycles. The fraction of sp³-hybridized carbons (Fsp3) is 0.154. The Morgan fingerprint density at radius 1 is 1.23 bits per heavy atom. The second-order valence-electron chi connectivity index (χ2n) is 4.16. The zero-order valence-electron chi connectivity index (χ0n) is 11.6. The van der Waals surface area contributed by atoms with Gasteiger partial charge in [0.1, 0.15) is 9.90 Å². The quantitative estimate of drug-likeness (QED) is 0.846. The van der Waals surface area contributed by atoms with Crippen LogP contribution in [0.15, 0.2) is 40.1 Å². The van der Waals surface area contributed by atoms with Gasteiger partial charge in [-0.3, -0.25) is 14.6 Å². The number of nitrogens with zero attached hydrogens (tertiary/aromatic N) is 1. The molecule has 0 radical (unpaired) electrons. The van der Waals surface area contributed by atoms with Gasteiger partial charge >= 0.3 is 0 Å². The Hall–Kier alpha value is -2.26. The highest BCUT2D eigenvalue weighted by molar-refractivity contribution is 7.92. The molecule has 0 unspecified atom stereocenters. The summed E-state index contributed by atoms with van der Waals surface area (Å²) < 4.78 is 25.9. The number of pyridine rings is 1. The molecule has 22 heavy (non-hydrogen) atoms. The number of hydrogen-bond donors (Lipinski definition) is 2. The van der Waals surface area contributed by atoms with Crippen molar-refractivity contribution in [2.24, 2.45) is 0 Å². The van der Waals surface area contributed by atoms with Crippen LogP contribution in [-0.4, -0.2) is 31.8 Å². The number of carbonyl (C=O) groups excluding carboxylic acids is 2. The van der Waals surface area contributed by atoms with Gasteiger partial charge in [0.05, 0.1) is 5.56 Å². The molecule has 2 amide bonds. The second-order valence-corrected chi connectivity index (χ2v) is 7.02. The lowest BCUT2D eigenvalue weighted by Crippen LogP contribution is -2.30. The van der Waals surface area contributed by atoms with Gasteiger partial charge in [0, 0.05) is 12.7 Å². The SMILES string of the molecule is CCNC(=O)c1ccc(C(=O)NS(=O)(=O)c2cccs2)cn1. The van der Waals surface area contributed by atoms with E-state index in [-0.39, 0.29) is 21.4 Å². The predicted octanol–water partition coefficient (Wildman–Crippen LogP) is 1.01. The molecule has 0 saturated carbocycles. The topological polar surface area (TPSA) is 105 Å². The van der Waals surface area contributed by atoms with Gasteiger partial charge in [-0.25, -0.2) is 13.1 Å². The lowest BCUT2D eigenvalue weighted by molar-refractivity contribution is 0.0945. The van der Waals surface area contributed by atoms with Crippen LogP contribution in [0.3, 0.4) is 0 Å². The van der Waals surface area contributed by atoms with Crippen LogP contribution in [0.25, 0.3) is 0 Å². The number of carbonyl (C=O) groups is 2. The molecule has 0 spiro atoms. The van der Waals surface area contributed by atoms with E-state index >= 15 is 0 Å². The van der Waals surface area contributed by atoms with Crippen molar-refractivity contribution in [2.75, 3.05) is 6.54 Å². The first-order valence-electron chi connectivity index (χ1n) is 6.29. The lowest BCUT2D eigenvalue weighted by Gasteiger charge is -2.05. The molecule has 2 rings (SSSR count). The Labute approximate surface area is 131 Å². The van der Waals surface area contributed by atoms with E-state index < -0.39 is 15.9 Å². The lowest BCUT2D eigenvalue weighted by atomic mass is 10.2. The van der Waals surface area contributed by atoms with E-state index in [0.717, 1.165) is 17.5 Å². The van der Waals surface area contributed by atoms with Crippen LogP contribution in [0.4, 0.5) is 0 Å². The molecule has 9 heteroatoms. The van der Waals surface area contributed by atoms with E-state index in [1.807, 2.05) is 4.72 Å². The molecule has 7 nitrogen and oxygen atoms in total. The van der Waals surface area contributed by atoms with Gasteiger partial charge in [-0.1, -0.05) is 6.07 Å². The summed E-state index contributed by atoms with van der Waals surface area (Å²) in [7, 11) is -3.89. The summed E-state index contributed by atoms with van der Waals surface area (Å²) in [5.41, 5.74) is 0.202. The van der Waals surface area contributed by atoms with Gasteiger partial charge < -0.3 is 5.32 Å². The van der Waals surface area contributed by atoms with Crippen LogP contribution in [0.5, 0.6) is 0 Å². The highest BCUT2D eigenvalue weighted by Gasteiger charge is 2.20. The summed E-state index contributed by atoms with van der Waals surface area (Å²) in [6.45, 7) is 2.23. The minimum atomic E-state index is -3.89. The molecule has 0 atom stereocenters. The Morgan fingerprint density at radius 3 is 2.55 bits per heavy atom. The molecule has 2 heterocycles. The van der Waals surface area contributed by atoms with Gasteiger partial charge in [-0.05, 0) is 30.5 Å². The summed E-state index contributed by atoms with van der Waals surface area (Å²) in [4.78, 5) is 27.3. The van der Waals surface area contributed by atoms with Crippen molar-refractivity contribution in [3.63, 3.8) is 0 Å². The Kier molecular flexibility index (Phi) is 4.88. The van der Waals surface area contributed by atoms with Gasteiger partial charge in [0.25, 0.3) is 21.8 Å². The molecule has 2 aromatic rings. The van der Waals surface area contributed by atoms with Crippen LogP contribution < -0.4 is 10.0 Å². The smallest absolute Gasteiger partial charge is 0.273 e. The van der Waals surface area contributed by atoms with Crippen molar-refractivity contribution in [2.45, 2.75) is 11.1 Å². The van der Waals surface area contributed by atoms with Crippen LogP contribution in [0.1, 0.15) is 27.8 Å². The highest BCUT2D eigenvalue weighted by Crippen LogP contribution is 2.15. The molecular formula is C13H13N3O4S2. The molecule has 0 aliphatic rings. The summed E-state index contributed by atoms with van der Waals surface area (Å²) in [5.74, 6) is -1.16. The van der Waals surface area contributed by atoms with Crippen LogP contribution in [-0.2, 0) is 10.0 Å². The molecule has 2 aromatic heterocycles. The molecule has 0 fully saturated rings. The standard InChI is InChI=1S/C13H13N3O4S2/c1-2-14-13(18)10-6-5-9(8-15-10)12(17)16-22(19,20)11-4-3-7-21-11/h3-8H,2H2,1H3,(H,14,18)(H,16,17). The zero-order chi connectivity index (χ0) is 16.2. The van der Waals surface area contributed by atoms with Crippen molar-refractivity contribution in [3.05, 3.63) is 47.1 Å². The van der Waals surface area contributed by atoms with Crippen LogP contribution in [0, 0.1) is 0 Å². The van der Waals surface area contributed by atoms with Gasteiger partial charge in [0.2, 0.25) is 0 Å². The van der Waals surface area contributed by atoms with E-state index in [1.165, 1.54) is 18.2 Å². The highest BCUT2D eigenvalue weighted by atomic mass is 32.2. The van der Waals surface area contributed by atoms with E-state index in [1.54, 1.807) is 18.4 Å². The third-order valence-electron chi connectivity index (χ3n) is 2.58. The van der Waals surface area contributed by atoms with Crippen molar-refractivity contribution in [3.8, 4) is 0 Å². The summed E-state index contributed by atoms with van der Waals surface area (Å²) >= 11 is 1.01. The fourth-order valence-corrected chi connectivity index (χ4v) is 3.53. The summed E-state index contributed by atoms with van der Waals surface area (Å²) in [6.07, 6.45) is 1.16. The third-order valence-corrected chi connectivity index (χ3v) is 5.31. The largest absolute Gasteiger partial charge is 0.351 e. The maximum absolute atomic E-state index is 11.9. The van der Waals surface area contributed by atoms with E-state index in [0.29, 0.717) is 6.54 Å². The maximum Gasteiger partial charge on any atom is 0.273 e. The Morgan fingerprint density at radius 2 is 2.00 bits per heavy atom. The first-order valence-corrected chi connectivity index (χ1v) is 8.65. The number of rotatable bonds is 5. The molecule has 0 aromatic carbocycles. The van der Waals surface area contributed by atoms with E-state index in [2.05, 4.69) is 10.3 Å². The van der Waals surface area contributed by atoms with Crippen LogP contribution in [0.2, 0.25) is 0 Å². The average molecular weight is 339 g/mol. The number of thiophene rings is 1. The average Bonchev–Trinajstić information content (AvgIpc) is 3.02. The monoisotopic (exact) mass is 339 g/mol. The number of hydrogen-bond acceptors (Lipinski definition) is 6. The number of nitrogens with one attached hydrogen (secondary N) is 2. The molecule has 2 N–H and O–H groups in total. The molecular weight excluding hydrogens is 326 g/mol.